The molecule has 2 amide bonds. The van der Waals surface area contributed by atoms with Gasteiger partial charge in [0, 0.05) is 45.0 Å². The van der Waals surface area contributed by atoms with Crippen LogP contribution in [0.4, 0.5) is 0 Å². The van der Waals surface area contributed by atoms with E-state index in [0.29, 0.717) is 11.6 Å². The molecule has 1 aliphatic heterocycles. The Labute approximate surface area is 184 Å². The zero-order valence-electron chi connectivity index (χ0n) is 18.5. The molecule has 0 radical (unpaired) electrons. The molecule has 0 N–H and O–H groups in total. The smallest absolute Gasteiger partial charge is 0.274 e. The Kier molecular flexibility index (Phi) is 6.54. The molecule has 1 aromatic heterocycles. The molecular weight excluding hydrogens is 388 g/mol. The fourth-order valence-electron chi connectivity index (χ4n) is 4.89. The number of aryl methyl sites for hydroxylation is 1. The standard InChI is InChI=1S/C25H32N4O2/c1-27-15-14-22(26-27)25(31)28(2)23(18-19-8-4-3-5-9-19)20-12-16-29(17-13-20)24(30)21-10-6-7-11-21/h3-5,8-10,14-15,20,23H,6-7,11-13,16-18H2,1-2H3/t23-/m1/s1. The van der Waals surface area contributed by atoms with Gasteiger partial charge in [0.25, 0.3) is 5.91 Å². The van der Waals surface area contributed by atoms with Crippen LogP contribution in [-0.4, -0.2) is 57.6 Å². The second-order valence-electron chi connectivity index (χ2n) is 8.80. The fraction of sp³-hybridized carbons (Fsp3) is 0.480. The lowest BCUT2D eigenvalue weighted by Crippen LogP contribution is -2.48. The van der Waals surface area contributed by atoms with Crippen LogP contribution in [0.2, 0.25) is 0 Å². The maximum atomic E-state index is 13.2. The van der Waals surface area contributed by atoms with Crippen LogP contribution >= 0.6 is 0 Å². The molecule has 2 heterocycles. The van der Waals surface area contributed by atoms with Crippen LogP contribution in [0.1, 0.15) is 48.2 Å². The van der Waals surface area contributed by atoms with Crippen LogP contribution in [0.5, 0.6) is 0 Å². The monoisotopic (exact) mass is 420 g/mol. The minimum Gasteiger partial charge on any atom is -0.339 e. The van der Waals surface area contributed by atoms with E-state index >= 15 is 0 Å². The van der Waals surface area contributed by atoms with E-state index in [2.05, 4.69) is 23.3 Å². The van der Waals surface area contributed by atoms with Gasteiger partial charge in [-0.25, -0.2) is 0 Å². The highest BCUT2D eigenvalue weighted by molar-refractivity contribution is 5.94. The van der Waals surface area contributed by atoms with Crippen molar-refractivity contribution < 1.29 is 9.59 Å². The van der Waals surface area contributed by atoms with E-state index < -0.39 is 0 Å². The van der Waals surface area contributed by atoms with Gasteiger partial charge in [-0.1, -0.05) is 36.4 Å². The molecule has 1 saturated heterocycles. The SMILES string of the molecule is CN(C(=O)c1ccn(C)n1)[C@H](Cc1ccccc1)C1CCN(C(=O)C2=CCCC2)CC1. The van der Waals surface area contributed by atoms with Gasteiger partial charge in [-0.05, 0) is 56.1 Å². The van der Waals surface area contributed by atoms with Gasteiger partial charge in [0.2, 0.25) is 5.91 Å². The zero-order valence-corrected chi connectivity index (χ0v) is 18.5. The van der Waals surface area contributed by atoms with E-state index in [4.69, 9.17) is 0 Å². The summed E-state index contributed by atoms with van der Waals surface area (Å²) in [5, 5.41) is 4.31. The van der Waals surface area contributed by atoms with Gasteiger partial charge in [0.1, 0.15) is 5.69 Å². The molecule has 0 saturated carbocycles. The number of hydrogen-bond acceptors (Lipinski definition) is 3. The second-order valence-corrected chi connectivity index (χ2v) is 8.80. The molecule has 1 aromatic carbocycles. The minimum atomic E-state index is -0.0452. The predicted molar refractivity (Wildman–Crippen MR) is 120 cm³/mol. The summed E-state index contributed by atoms with van der Waals surface area (Å²) in [4.78, 5) is 29.8. The van der Waals surface area contributed by atoms with Crippen molar-refractivity contribution in [2.45, 2.75) is 44.6 Å². The van der Waals surface area contributed by atoms with Crippen molar-refractivity contribution in [1.82, 2.24) is 19.6 Å². The Bertz CT molecular complexity index is 941. The number of likely N-dealkylation sites (tertiary alicyclic amines) is 1. The van der Waals surface area contributed by atoms with Crippen molar-refractivity contribution in [3.05, 3.63) is 65.5 Å². The molecule has 6 heteroatoms. The third kappa shape index (κ3) is 4.89. The van der Waals surface area contributed by atoms with E-state index in [1.807, 2.05) is 42.1 Å². The summed E-state index contributed by atoms with van der Waals surface area (Å²) in [6.07, 6.45) is 9.57. The molecule has 0 bridgehead atoms. The van der Waals surface area contributed by atoms with Gasteiger partial charge in [-0.3, -0.25) is 14.3 Å². The van der Waals surface area contributed by atoms with Crippen molar-refractivity contribution in [3.63, 3.8) is 0 Å². The molecule has 1 aliphatic carbocycles. The highest BCUT2D eigenvalue weighted by atomic mass is 16.2. The van der Waals surface area contributed by atoms with Crippen molar-refractivity contribution >= 4 is 11.8 Å². The summed E-state index contributed by atoms with van der Waals surface area (Å²) in [6, 6.07) is 12.2. The van der Waals surface area contributed by atoms with Crippen LogP contribution in [0.25, 0.3) is 0 Å². The lowest BCUT2D eigenvalue weighted by molar-refractivity contribution is -0.128. The molecule has 1 fully saturated rings. The Morgan fingerprint density at radius 2 is 1.90 bits per heavy atom. The normalized spacial score (nSPS) is 18.0. The lowest BCUT2D eigenvalue weighted by atomic mass is 9.84. The van der Waals surface area contributed by atoms with Crippen LogP contribution in [0, 0.1) is 5.92 Å². The maximum absolute atomic E-state index is 13.2. The summed E-state index contributed by atoms with van der Waals surface area (Å²) in [7, 11) is 3.72. The zero-order chi connectivity index (χ0) is 21.8. The first kappa shape index (κ1) is 21.3. The van der Waals surface area contributed by atoms with Gasteiger partial charge in [0.05, 0.1) is 0 Å². The molecule has 2 aliphatic rings. The first-order valence-electron chi connectivity index (χ1n) is 11.3. The van der Waals surface area contributed by atoms with Crippen molar-refractivity contribution in [1.29, 1.82) is 0 Å². The Morgan fingerprint density at radius 3 is 2.52 bits per heavy atom. The first-order chi connectivity index (χ1) is 15.0. The molecule has 31 heavy (non-hydrogen) atoms. The second kappa shape index (κ2) is 9.50. The third-order valence-corrected chi connectivity index (χ3v) is 6.72. The third-order valence-electron chi connectivity index (χ3n) is 6.72. The highest BCUT2D eigenvalue weighted by Crippen LogP contribution is 2.29. The number of hydrogen-bond donors (Lipinski definition) is 0. The molecule has 6 nitrogen and oxygen atoms in total. The molecule has 2 aromatic rings. The molecule has 0 spiro atoms. The maximum Gasteiger partial charge on any atom is 0.274 e. The molecule has 4 rings (SSSR count). The Hall–Kier alpha value is -2.89. The first-order valence-corrected chi connectivity index (χ1v) is 11.3. The van der Waals surface area contributed by atoms with E-state index in [1.54, 1.807) is 16.9 Å². The molecular formula is C25H32N4O2. The number of benzene rings is 1. The van der Waals surface area contributed by atoms with Gasteiger partial charge >= 0.3 is 0 Å². The quantitative estimate of drug-likeness (QED) is 0.719. The van der Waals surface area contributed by atoms with Crippen molar-refractivity contribution in [2.24, 2.45) is 13.0 Å². The molecule has 1 atom stereocenters. The topological polar surface area (TPSA) is 58.4 Å². The summed E-state index contributed by atoms with van der Waals surface area (Å²) in [6.45, 7) is 1.52. The van der Waals surface area contributed by atoms with Gasteiger partial charge in [0.15, 0.2) is 0 Å². The minimum absolute atomic E-state index is 0.0452. The van der Waals surface area contributed by atoms with E-state index in [9.17, 15) is 9.59 Å². The number of carbonyl (C=O) groups is 2. The number of amides is 2. The number of piperidine rings is 1. The van der Waals surface area contributed by atoms with Crippen LogP contribution in [0.15, 0.2) is 54.2 Å². The van der Waals surface area contributed by atoms with Gasteiger partial charge in [-0.2, -0.15) is 5.10 Å². The number of likely N-dealkylation sites (N-methyl/N-ethyl adjacent to an activating group) is 1. The number of aromatic nitrogens is 2. The number of allylic oxidation sites excluding steroid dienone is 1. The van der Waals surface area contributed by atoms with E-state index in [-0.39, 0.29) is 17.9 Å². The highest BCUT2D eigenvalue weighted by Gasteiger charge is 2.34. The van der Waals surface area contributed by atoms with E-state index in [0.717, 1.165) is 57.2 Å². The Balaban J connectivity index is 1.48. The van der Waals surface area contributed by atoms with Crippen LogP contribution < -0.4 is 0 Å². The van der Waals surface area contributed by atoms with Crippen molar-refractivity contribution in [3.8, 4) is 0 Å². The van der Waals surface area contributed by atoms with Crippen molar-refractivity contribution in [2.75, 3.05) is 20.1 Å². The van der Waals surface area contributed by atoms with Crippen LogP contribution in [-0.2, 0) is 18.3 Å². The van der Waals surface area contributed by atoms with Crippen LogP contribution in [0.3, 0.4) is 0 Å². The predicted octanol–water partition coefficient (Wildman–Crippen LogP) is 3.45. The number of nitrogens with zero attached hydrogens (tertiary/aromatic N) is 4. The molecule has 164 valence electrons. The largest absolute Gasteiger partial charge is 0.339 e. The fourth-order valence-corrected chi connectivity index (χ4v) is 4.89. The Morgan fingerprint density at radius 1 is 1.16 bits per heavy atom. The summed E-state index contributed by atoms with van der Waals surface area (Å²) in [5.41, 5.74) is 2.69. The number of rotatable bonds is 6. The lowest BCUT2D eigenvalue weighted by Gasteiger charge is -2.40. The van der Waals surface area contributed by atoms with E-state index in [1.165, 1.54) is 5.56 Å². The van der Waals surface area contributed by atoms with Gasteiger partial charge < -0.3 is 9.80 Å². The summed E-state index contributed by atoms with van der Waals surface area (Å²) >= 11 is 0. The van der Waals surface area contributed by atoms with Gasteiger partial charge in [-0.15, -0.1) is 0 Å². The summed E-state index contributed by atoms with van der Waals surface area (Å²) in [5.74, 6) is 0.518. The number of carbonyl (C=O) groups excluding carboxylic acids is 2. The summed E-state index contributed by atoms with van der Waals surface area (Å²) < 4.78 is 1.66. The average molecular weight is 421 g/mol. The molecule has 0 unspecified atom stereocenters. The average Bonchev–Trinajstić information content (AvgIpc) is 3.49.